The Morgan fingerprint density at radius 1 is 1.29 bits per heavy atom. The van der Waals surface area contributed by atoms with E-state index < -0.39 is 5.60 Å². The van der Waals surface area contributed by atoms with Crippen molar-refractivity contribution in [2.75, 3.05) is 0 Å². The molecule has 1 aliphatic carbocycles. The van der Waals surface area contributed by atoms with Gasteiger partial charge < -0.3 is 10.8 Å². The van der Waals surface area contributed by atoms with Crippen LogP contribution < -0.4 is 5.73 Å². The van der Waals surface area contributed by atoms with Gasteiger partial charge in [-0.25, -0.2) is 4.39 Å². The Labute approximate surface area is 150 Å². The molecule has 0 saturated heterocycles. The van der Waals surface area contributed by atoms with Crippen molar-refractivity contribution in [3.8, 4) is 0 Å². The number of nitrogens with two attached hydrogens (primary N) is 1. The van der Waals surface area contributed by atoms with E-state index in [4.69, 9.17) is 17.3 Å². The number of benzene rings is 1. The van der Waals surface area contributed by atoms with Gasteiger partial charge in [0.15, 0.2) is 0 Å². The van der Waals surface area contributed by atoms with Gasteiger partial charge in [0, 0.05) is 22.9 Å². The third kappa shape index (κ3) is 4.30. The lowest BCUT2D eigenvalue weighted by molar-refractivity contribution is -0.0823. The largest absolute Gasteiger partial charge is 0.389 e. The van der Waals surface area contributed by atoms with Crippen LogP contribution >= 0.6 is 11.6 Å². The van der Waals surface area contributed by atoms with Gasteiger partial charge >= 0.3 is 0 Å². The summed E-state index contributed by atoms with van der Waals surface area (Å²) in [6.07, 6.45) is 7.70. The average Bonchev–Trinajstić information content (AvgIpc) is 2.51. The van der Waals surface area contributed by atoms with Crippen LogP contribution in [0.2, 0.25) is 5.02 Å². The van der Waals surface area contributed by atoms with Gasteiger partial charge in [-0.15, -0.1) is 0 Å². The fraction of sp³-hybridized carbons (Fsp3) is 0.700. The van der Waals surface area contributed by atoms with E-state index in [9.17, 15) is 9.50 Å². The Bertz CT molecular complexity index is 544. The molecule has 0 bridgehead atoms. The number of aliphatic hydroxyl groups is 1. The summed E-state index contributed by atoms with van der Waals surface area (Å²) < 4.78 is 14.2. The summed E-state index contributed by atoms with van der Waals surface area (Å²) in [7, 11) is 0. The maximum atomic E-state index is 14.2. The lowest BCUT2D eigenvalue weighted by Gasteiger charge is -2.50. The van der Waals surface area contributed by atoms with Crippen LogP contribution in [0.1, 0.15) is 70.8 Å². The van der Waals surface area contributed by atoms with Gasteiger partial charge in [0.05, 0.1) is 5.60 Å². The number of hydrogen-bond donors (Lipinski definition) is 2. The SMILES string of the molecule is CCCC(N)(CCC)[C@H]1CCCC[C@@]1(O)Cc1cc(Cl)ccc1F. The molecule has 2 nitrogen and oxygen atoms in total. The molecule has 2 atom stereocenters. The minimum atomic E-state index is -0.955. The molecule has 0 aliphatic heterocycles. The third-order valence-corrected chi connectivity index (χ3v) is 5.87. The van der Waals surface area contributed by atoms with Gasteiger partial charge in [-0.1, -0.05) is 51.1 Å². The molecule has 0 spiro atoms. The van der Waals surface area contributed by atoms with Gasteiger partial charge in [0.2, 0.25) is 0 Å². The first-order chi connectivity index (χ1) is 11.3. The molecule has 0 unspecified atom stereocenters. The van der Waals surface area contributed by atoms with Crippen molar-refractivity contribution in [3.05, 3.63) is 34.6 Å². The summed E-state index contributed by atoms with van der Waals surface area (Å²) in [6.45, 7) is 4.27. The Kier molecular flexibility index (Phi) is 6.69. The first-order valence-electron chi connectivity index (χ1n) is 9.30. The van der Waals surface area contributed by atoms with Gasteiger partial charge in [0.1, 0.15) is 5.82 Å². The second-order valence-corrected chi connectivity index (χ2v) is 7.98. The van der Waals surface area contributed by atoms with Crippen LogP contribution in [0.4, 0.5) is 4.39 Å². The van der Waals surface area contributed by atoms with E-state index in [2.05, 4.69) is 13.8 Å². The third-order valence-electron chi connectivity index (χ3n) is 5.63. The molecule has 1 aliphatic rings. The van der Waals surface area contributed by atoms with Crippen LogP contribution in [-0.2, 0) is 6.42 Å². The van der Waals surface area contributed by atoms with Gasteiger partial charge in [-0.2, -0.15) is 0 Å². The normalized spacial score (nSPS) is 25.0. The molecule has 0 aromatic heterocycles. The topological polar surface area (TPSA) is 46.2 Å². The highest BCUT2D eigenvalue weighted by Gasteiger charge is 2.48. The Hall–Kier alpha value is -0.640. The second kappa shape index (κ2) is 8.16. The van der Waals surface area contributed by atoms with Crippen molar-refractivity contribution in [2.24, 2.45) is 11.7 Å². The summed E-state index contributed by atoms with van der Waals surface area (Å²) in [5.74, 6) is -0.303. The monoisotopic (exact) mass is 355 g/mol. The van der Waals surface area contributed by atoms with Crippen LogP contribution in [0.15, 0.2) is 18.2 Å². The highest BCUT2D eigenvalue weighted by atomic mass is 35.5. The second-order valence-electron chi connectivity index (χ2n) is 7.55. The molecule has 4 heteroatoms. The average molecular weight is 356 g/mol. The zero-order valence-corrected chi connectivity index (χ0v) is 15.7. The van der Waals surface area contributed by atoms with Crippen molar-refractivity contribution in [1.82, 2.24) is 0 Å². The predicted molar refractivity (Wildman–Crippen MR) is 98.8 cm³/mol. The standard InChI is InChI=1S/C20H31ClFNO/c1-3-10-19(23,11-4-2)18-7-5-6-12-20(18,24)14-15-13-16(21)8-9-17(15)22/h8-9,13,18,24H,3-7,10-12,14,23H2,1-2H3/t18-,20-/m1/s1. The minimum absolute atomic E-state index is 0.00275. The summed E-state index contributed by atoms with van der Waals surface area (Å²) in [5, 5.41) is 12.0. The first kappa shape index (κ1) is 19.7. The van der Waals surface area contributed by atoms with E-state index in [1.165, 1.54) is 6.07 Å². The number of rotatable bonds is 7. The molecule has 136 valence electrons. The minimum Gasteiger partial charge on any atom is -0.389 e. The van der Waals surface area contributed by atoms with Gasteiger partial charge in [-0.05, 0) is 49.4 Å². The molecule has 24 heavy (non-hydrogen) atoms. The summed E-state index contributed by atoms with van der Waals surface area (Å²) >= 11 is 6.03. The summed E-state index contributed by atoms with van der Waals surface area (Å²) in [6, 6.07) is 4.56. The summed E-state index contributed by atoms with van der Waals surface area (Å²) in [4.78, 5) is 0. The molecular formula is C20H31ClFNO. The van der Waals surface area contributed by atoms with E-state index in [-0.39, 0.29) is 23.7 Å². The van der Waals surface area contributed by atoms with Crippen molar-refractivity contribution < 1.29 is 9.50 Å². The Morgan fingerprint density at radius 2 is 1.96 bits per heavy atom. The molecule has 1 fully saturated rings. The van der Waals surface area contributed by atoms with Crippen molar-refractivity contribution >= 4 is 11.6 Å². The smallest absolute Gasteiger partial charge is 0.126 e. The van der Waals surface area contributed by atoms with Crippen molar-refractivity contribution in [1.29, 1.82) is 0 Å². The van der Waals surface area contributed by atoms with Crippen LogP contribution in [0.3, 0.4) is 0 Å². The molecule has 0 heterocycles. The molecule has 1 aromatic carbocycles. The highest BCUT2D eigenvalue weighted by molar-refractivity contribution is 6.30. The molecule has 1 aromatic rings. The molecule has 1 saturated carbocycles. The maximum absolute atomic E-state index is 14.2. The summed E-state index contributed by atoms with van der Waals surface area (Å²) in [5.41, 5.74) is 5.97. The van der Waals surface area contributed by atoms with E-state index in [1.54, 1.807) is 12.1 Å². The zero-order chi connectivity index (χ0) is 17.8. The molecular weight excluding hydrogens is 325 g/mol. The fourth-order valence-electron chi connectivity index (χ4n) is 4.67. The zero-order valence-electron chi connectivity index (χ0n) is 15.0. The number of halogens is 2. The molecule has 0 radical (unpaired) electrons. The first-order valence-corrected chi connectivity index (χ1v) is 9.67. The van der Waals surface area contributed by atoms with Crippen LogP contribution in [-0.4, -0.2) is 16.2 Å². The van der Waals surface area contributed by atoms with Crippen LogP contribution in [0, 0.1) is 11.7 Å². The quantitative estimate of drug-likeness (QED) is 0.702. The lowest BCUT2D eigenvalue weighted by Crippen LogP contribution is -2.59. The van der Waals surface area contributed by atoms with Crippen LogP contribution in [0.5, 0.6) is 0 Å². The molecule has 0 amide bonds. The molecule has 2 rings (SSSR count). The predicted octanol–water partition coefficient (Wildman–Crippen LogP) is 5.24. The van der Waals surface area contributed by atoms with Gasteiger partial charge in [0.25, 0.3) is 0 Å². The van der Waals surface area contributed by atoms with Crippen molar-refractivity contribution in [2.45, 2.75) is 82.8 Å². The van der Waals surface area contributed by atoms with E-state index in [0.717, 1.165) is 44.9 Å². The Balaban J connectivity index is 2.33. The maximum Gasteiger partial charge on any atom is 0.126 e. The fourth-order valence-corrected chi connectivity index (χ4v) is 4.86. The van der Waals surface area contributed by atoms with E-state index in [0.29, 0.717) is 17.0 Å². The van der Waals surface area contributed by atoms with Gasteiger partial charge in [-0.3, -0.25) is 0 Å². The van der Waals surface area contributed by atoms with Crippen molar-refractivity contribution in [3.63, 3.8) is 0 Å². The molecule has 3 N–H and O–H groups in total. The highest BCUT2D eigenvalue weighted by Crippen LogP contribution is 2.45. The van der Waals surface area contributed by atoms with Crippen LogP contribution in [0.25, 0.3) is 0 Å². The lowest BCUT2D eigenvalue weighted by atomic mass is 9.61. The van der Waals surface area contributed by atoms with E-state index in [1.807, 2.05) is 0 Å². The number of hydrogen-bond acceptors (Lipinski definition) is 2. The Morgan fingerprint density at radius 3 is 2.58 bits per heavy atom. The van der Waals surface area contributed by atoms with E-state index >= 15 is 0 Å².